The summed E-state index contributed by atoms with van der Waals surface area (Å²) in [6.45, 7) is 2.59. The summed E-state index contributed by atoms with van der Waals surface area (Å²) >= 11 is 0. The van der Waals surface area contributed by atoms with Crippen LogP contribution in [0, 0.1) is 17.8 Å². The first-order chi connectivity index (χ1) is 13.8. The van der Waals surface area contributed by atoms with Gasteiger partial charge in [-0.3, -0.25) is 0 Å². The van der Waals surface area contributed by atoms with Crippen LogP contribution < -0.4 is 0 Å². The molecule has 0 aromatic heterocycles. The molecule has 4 aliphatic carbocycles. The minimum atomic E-state index is 0.649. The molecule has 0 amide bonds. The van der Waals surface area contributed by atoms with Crippen LogP contribution >= 0.6 is 0 Å². The van der Waals surface area contributed by atoms with Crippen molar-refractivity contribution in [3.8, 4) is 0 Å². The lowest BCUT2D eigenvalue weighted by atomic mass is 9.66. The molecule has 0 bridgehead atoms. The van der Waals surface area contributed by atoms with Crippen LogP contribution in [0.3, 0.4) is 0 Å². The maximum atomic E-state index is 2.59. The Morgan fingerprint density at radius 1 is 0.643 bits per heavy atom. The van der Waals surface area contributed by atoms with Crippen molar-refractivity contribution >= 4 is 0 Å². The Balaban J connectivity index is 1.45. The predicted molar refractivity (Wildman–Crippen MR) is 117 cm³/mol. The van der Waals surface area contributed by atoms with Gasteiger partial charge in [0.2, 0.25) is 0 Å². The van der Waals surface area contributed by atoms with Gasteiger partial charge in [-0.15, -0.1) is 0 Å². The third-order valence-electron chi connectivity index (χ3n) is 8.43. The number of allylic oxidation sites excluding steroid dienone is 4. The fourth-order valence-corrected chi connectivity index (χ4v) is 7.45. The van der Waals surface area contributed by atoms with Crippen molar-refractivity contribution in [3.63, 3.8) is 0 Å². The van der Waals surface area contributed by atoms with Crippen LogP contribution in [0.2, 0.25) is 0 Å². The minimum Gasteiger partial charge on any atom is -0.0879 e. The molecular weight excluding hydrogens is 336 g/mol. The van der Waals surface area contributed by atoms with Crippen molar-refractivity contribution in [2.45, 2.75) is 56.3 Å². The van der Waals surface area contributed by atoms with Gasteiger partial charge in [-0.25, -0.2) is 0 Å². The Labute approximate surface area is 169 Å². The molecule has 2 aromatic rings. The second kappa shape index (κ2) is 6.48. The maximum Gasteiger partial charge on any atom is 0.00551 e. The third-order valence-corrected chi connectivity index (χ3v) is 8.43. The normalized spacial score (nSPS) is 35.8. The van der Waals surface area contributed by atoms with E-state index in [-0.39, 0.29) is 0 Å². The highest BCUT2D eigenvalue weighted by molar-refractivity contribution is 5.48. The van der Waals surface area contributed by atoms with E-state index in [2.05, 4.69) is 79.8 Å². The zero-order chi connectivity index (χ0) is 18.7. The molecule has 0 heteroatoms. The summed E-state index contributed by atoms with van der Waals surface area (Å²) in [4.78, 5) is 0. The first-order valence-electron chi connectivity index (χ1n) is 11.4. The van der Waals surface area contributed by atoms with E-state index in [1.165, 1.54) is 25.7 Å². The molecule has 0 N–H and O–H groups in total. The summed E-state index contributed by atoms with van der Waals surface area (Å²) in [5, 5.41) is 0. The number of benzene rings is 2. The largest absolute Gasteiger partial charge is 0.0879 e. The summed E-state index contributed by atoms with van der Waals surface area (Å²) in [5.41, 5.74) is 6.55. The highest BCUT2D eigenvalue weighted by Gasteiger charge is 2.49. The Morgan fingerprint density at radius 2 is 1.07 bits per heavy atom. The first kappa shape index (κ1) is 16.8. The van der Waals surface area contributed by atoms with Crippen molar-refractivity contribution in [2.75, 3.05) is 0 Å². The number of hydrogen-bond donors (Lipinski definition) is 0. The van der Waals surface area contributed by atoms with Crippen LogP contribution in [-0.4, -0.2) is 0 Å². The average molecular weight is 367 g/mol. The van der Waals surface area contributed by atoms with Crippen LogP contribution in [0.1, 0.15) is 78.5 Å². The molecule has 0 spiro atoms. The number of rotatable bonds is 2. The molecule has 4 aliphatic rings. The molecule has 6 unspecified atom stereocenters. The van der Waals surface area contributed by atoms with Crippen LogP contribution in [0.25, 0.3) is 0 Å². The lowest BCUT2D eigenvalue weighted by Crippen LogP contribution is -2.27. The van der Waals surface area contributed by atoms with E-state index in [4.69, 9.17) is 0 Å². The Hall–Kier alpha value is -2.08. The lowest BCUT2D eigenvalue weighted by molar-refractivity contribution is 0.227. The second-order valence-electron chi connectivity index (χ2n) is 9.56. The molecular formula is C28H30. The van der Waals surface area contributed by atoms with Crippen molar-refractivity contribution < 1.29 is 0 Å². The van der Waals surface area contributed by atoms with Gasteiger partial charge in [-0.1, -0.05) is 79.8 Å². The molecule has 2 aromatic carbocycles. The van der Waals surface area contributed by atoms with Crippen molar-refractivity contribution in [1.29, 1.82) is 0 Å². The van der Waals surface area contributed by atoms with E-state index in [0.29, 0.717) is 29.6 Å². The maximum absolute atomic E-state index is 2.59. The smallest absolute Gasteiger partial charge is 0.00551 e. The quantitative estimate of drug-likeness (QED) is 0.489. The van der Waals surface area contributed by atoms with E-state index in [9.17, 15) is 0 Å². The molecule has 6 atom stereocenters. The molecule has 142 valence electrons. The van der Waals surface area contributed by atoms with Crippen molar-refractivity contribution in [2.24, 2.45) is 17.8 Å². The van der Waals surface area contributed by atoms with Crippen LogP contribution in [0.15, 0.2) is 72.8 Å². The fraction of sp³-hybridized carbons (Fsp3) is 0.429. The predicted octanol–water partition coefficient (Wildman–Crippen LogP) is 7.32. The molecule has 0 aliphatic heterocycles. The lowest BCUT2D eigenvalue weighted by Gasteiger charge is -2.38. The average Bonchev–Trinajstić information content (AvgIpc) is 3.27. The molecule has 6 rings (SSSR count). The summed E-state index contributed by atoms with van der Waals surface area (Å²) in [6, 6.07) is 18.7. The Morgan fingerprint density at radius 3 is 1.54 bits per heavy atom. The van der Waals surface area contributed by atoms with Gasteiger partial charge >= 0.3 is 0 Å². The van der Waals surface area contributed by atoms with Gasteiger partial charge in [-0.2, -0.15) is 0 Å². The molecule has 28 heavy (non-hydrogen) atoms. The molecule has 0 heterocycles. The zero-order valence-electron chi connectivity index (χ0n) is 16.8. The van der Waals surface area contributed by atoms with E-state index < -0.39 is 0 Å². The van der Waals surface area contributed by atoms with Gasteiger partial charge in [0.25, 0.3) is 0 Å². The van der Waals surface area contributed by atoms with Crippen molar-refractivity contribution in [3.05, 3.63) is 95.1 Å². The first-order valence-corrected chi connectivity index (χ1v) is 11.4. The fourth-order valence-electron chi connectivity index (χ4n) is 7.45. The summed E-state index contributed by atoms with van der Waals surface area (Å²) in [7, 11) is 0. The third kappa shape index (κ3) is 2.30. The van der Waals surface area contributed by atoms with Gasteiger partial charge in [0.05, 0.1) is 0 Å². The monoisotopic (exact) mass is 366 g/mol. The van der Waals surface area contributed by atoms with E-state index in [1.54, 1.807) is 22.3 Å². The summed E-state index contributed by atoms with van der Waals surface area (Å²) in [5.74, 6) is 4.99. The van der Waals surface area contributed by atoms with Gasteiger partial charge in [-0.05, 0) is 77.5 Å². The van der Waals surface area contributed by atoms with Crippen molar-refractivity contribution in [1.82, 2.24) is 0 Å². The standard InChI is InChI=1S/C28H30/c1-18(27-23-14-6-2-10-19(23)20-11-3-7-15-24(20)27)28-25-16-8-4-12-21(25)22-13-5-9-17-26(22)28/h2-6,8,10-14,16,18,20,22,24,26-28H,7,9,15,17H2,1H3. The zero-order valence-corrected chi connectivity index (χ0v) is 16.8. The second-order valence-corrected chi connectivity index (χ2v) is 9.56. The molecule has 0 saturated carbocycles. The molecule has 0 nitrogen and oxygen atoms in total. The van der Waals surface area contributed by atoms with E-state index in [0.717, 1.165) is 11.8 Å². The van der Waals surface area contributed by atoms with Crippen LogP contribution in [0.5, 0.6) is 0 Å². The number of hydrogen-bond acceptors (Lipinski definition) is 0. The Bertz CT molecular complexity index is 871. The van der Waals surface area contributed by atoms with Gasteiger partial charge < -0.3 is 0 Å². The molecule has 0 radical (unpaired) electrons. The van der Waals surface area contributed by atoms with Gasteiger partial charge in [0, 0.05) is 11.8 Å². The number of fused-ring (bicyclic) bond motifs is 6. The minimum absolute atomic E-state index is 0.649. The van der Waals surface area contributed by atoms with Crippen LogP contribution in [0.4, 0.5) is 0 Å². The molecule has 0 fully saturated rings. The Kier molecular flexibility index (Phi) is 3.89. The highest BCUT2D eigenvalue weighted by Crippen LogP contribution is 2.61. The van der Waals surface area contributed by atoms with Crippen LogP contribution in [-0.2, 0) is 0 Å². The van der Waals surface area contributed by atoms with Gasteiger partial charge in [0.1, 0.15) is 0 Å². The SMILES string of the molecule is CC(C1c2ccccc2C2C=CCCC21)C1c2ccccc2C2C=CCCC21. The van der Waals surface area contributed by atoms with E-state index in [1.807, 2.05) is 0 Å². The van der Waals surface area contributed by atoms with E-state index >= 15 is 0 Å². The highest BCUT2D eigenvalue weighted by atomic mass is 14.5. The van der Waals surface area contributed by atoms with Gasteiger partial charge in [0.15, 0.2) is 0 Å². The topological polar surface area (TPSA) is 0 Å². The summed E-state index contributed by atoms with van der Waals surface area (Å²) < 4.78 is 0. The summed E-state index contributed by atoms with van der Waals surface area (Å²) in [6.07, 6.45) is 15.1. The molecule has 0 saturated heterocycles.